The molecule has 0 aromatic heterocycles. The van der Waals surface area contributed by atoms with Gasteiger partial charge in [0, 0.05) is 11.6 Å². The number of carbonyl (C=O) groups is 1. The number of hydrogen-bond donors (Lipinski definition) is 1. The van der Waals surface area contributed by atoms with Gasteiger partial charge in [-0.15, -0.1) is 0 Å². The molecule has 1 aliphatic carbocycles. The molecule has 0 radical (unpaired) electrons. The van der Waals surface area contributed by atoms with Gasteiger partial charge in [-0.1, -0.05) is 37.5 Å². The second kappa shape index (κ2) is 9.48. The molecule has 7 nitrogen and oxygen atoms in total. The number of aliphatic imine (C=N–C) groups is 1. The van der Waals surface area contributed by atoms with Crippen molar-refractivity contribution < 1.29 is 17.9 Å². The van der Waals surface area contributed by atoms with Gasteiger partial charge in [0.2, 0.25) is 10.0 Å². The van der Waals surface area contributed by atoms with E-state index in [9.17, 15) is 13.2 Å². The average molecular weight is 472 g/mol. The molecule has 4 rings (SSSR count). The van der Waals surface area contributed by atoms with Crippen LogP contribution in [0.4, 0.5) is 5.69 Å². The number of ether oxygens (including phenoxy) is 1. The third-order valence-corrected chi connectivity index (χ3v) is 7.50. The molecule has 2 aliphatic rings. The largest absolute Gasteiger partial charge is 0.496 e. The van der Waals surface area contributed by atoms with E-state index in [1.54, 1.807) is 24.1 Å². The fourth-order valence-corrected chi connectivity index (χ4v) is 5.54. The number of hydrogen-bond acceptors (Lipinski definition) is 6. The van der Waals surface area contributed by atoms with Gasteiger partial charge in [0.25, 0.3) is 5.91 Å². The summed E-state index contributed by atoms with van der Waals surface area (Å²) in [4.78, 5) is 20.5. The number of primary sulfonamides is 1. The van der Waals surface area contributed by atoms with Crippen LogP contribution in [0.1, 0.15) is 37.7 Å². The van der Waals surface area contributed by atoms with Crippen molar-refractivity contribution in [3.05, 3.63) is 59.0 Å². The van der Waals surface area contributed by atoms with Crippen molar-refractivity contribution in [2.24, 2.45) is 10.1 Å². The van der Waals surface area contributed by atoms with Crippen LogP contribution in [0.15, 0.2) is 63.3 Å². The zero-order valence-corrected chi connectivity index (χ0v) is 19.4. The number of amides is 1. The summed E-state index contributed by atoms with van der Waals surface area (Å²) >= 11 is 1.33. The van der Waals surface area contributed by atoms with Crippen LogP contribution >= 0.6 is 11.8 Å². The molecule has 32 heavy (non-hydrogen) atoms. The molecule has 0 atom stereocenters. The maximum atomic E-state index is 13.4. The first-order valence-corrected chi connectivity index (χ1v) is 12.8. The quantitative estimate of drug-likeness (QED) is 0.656. The molecule has 2 N–H and O–H groups in total. The zero-order valence-electron chi connectivity index (χ0n) is 17.7. The number of nitrogens with zero attached hydrogens (tertiary/aromatic N) is 2. The summed E-state index contributed by atoms with van der Waals surface area (Å²) in [5.74, 6) is 0.634. The first-order chi connectivity index (χ1) is 15.4. The van der Waals surface area contributed by atoms with Crippen molar-refractivity contribution in [3.63, 3.8) is 0 Å². The van der Waals surface area contributed by atoms with E-state index >= 15 is 0 Å². The molecule has 1 saturated heterocycles. The summed E-state index contributed by atoms with van der Waals surface area (Å²) in [7, 11) is -2.17. The van der Waals surface area contributed by atoms with Crippen LogP contribution in [-0.2, 0) is 14.8 Å². The highest BCUT2D eigenvalue weighted by molar-refractivity contribution is 8.18. The molecule has 2 aromatic rings. The van der Waals surface area contributed by atoms with Crippen LogP contribution in [0.25, 0.3) is 6.08 Å². The molecule has 0 spiro atoms. The average Bonchev–Trinajstić information content (AvgIpc) is 3.09. The lowest BCUT2D eigenvalue weighted by Crippen LogP contribution is -2.40. The van der Waals surface area contributed by atoms with Crippen LogP contribution in [0, 0.1) is 0 Å². The Kier molecular flexibility index (Phi) is 6.68. The third-order valence-electron chi connectivity index (χ3n) is 5.59. The molecule has 1 heterocycles. The molecule has 0 bridgehead atoms. The molecule has 0 unspecified atom stereocenters. The third kappa shape index (κ3) is 4.90. The van der Waals surface area contributed by atoms with Crippen LogP contribution in [0.2, 0.25) is 0 Å². The van der Waals surface area contributed by atoms with Crippen molar-refractivity contribution in [3.8, 4) is 5.75 Å². The summed E-state index contributed by atoms with van der Waals surface area (Å²) in [6, 6.07) is 13.7. The van der Waals surface area contributed by atoms with Crippen LogP contribution in [0.5, 0.6) is 5.75 Å². The normalized spacial score (nSPS) is 20.3. The Morgan fingerprint density at radius 3 is 2.44 bits per heavy atom. The van der Waals surface area contributed by atoms with Gasteiger partial charge in [-0.25, -0.2) is 18.5 Å². The summed E-state index contributed by atoms with van der Waals surface area (Å²) in [6.45, 7) is 0. The van der Waals surface area contributed by atoms with E-state index in [1.165, 1.54) is 30.3 Å². The number of methoxy groups -OCH3 is 1. The summed E-state index contributed by atoms with van der Waals surface area (Å²) in [6.07, 6.45) is 7.07. The summed E-state index contributed by atoms with van der Waals surface area (Å²) in [5.41, 5.74) is 1.39. The Bertz CT molecular complexity index is 1170. The molecule has 1 saturated carbocycles. The fraction of sp³-hybridized carbons (Fsp3) is 0.304. The first-order valence-electron chi connectivity index (χ1n) is 10.4. The van der Waals surface area contributed by atoms with Crippen LogP contribution in [0.3, 0.4) is 0 Å². The monoisotopic (exact) mass is 471 g/mol. The standard InChI is InChI=1S/C23H25N3O4S2/c1-30-20-10-6-5-7-16(20)15-21-22(27)26(18-8-3-2-4-9-18)23(31-21)25-17-11-13-19(14-12-17)32(24,28)29/h5-7,10-15,18H,2-4,8-9H2,1H3,(H2,24,28,29)/b21-15?,25-23-. The lowest BCUT2D eigenvalue weighted by molar-refractivity contribution is -0.124. The maximum Gasteiger partial charge on any atom is 0.267 e. The molecule has 1 amide bonds. The highest BCUT2D eigenvalue weighted by Gasteiger charge is 2.38. The molecule has 1 aliphatic heterocycles. The Morgan fingerprint density at radius 1 is 1.09 bits per heavy atom. The van der Waals surface area contributed by atoms with E-state index in [2.05, 4.69) is 0 Å². The number of nitrogens with two attached hydrogens (primary N) is 1. The fourth-order valence-electron chi connectivity index (χ4n) is 3.97. The minimum Gasteiger partial charge on any atom is -0.496 e. The van der Waals surface area contributed by atoms with Gasteiger partial charge in [0.1, 0.15) is 5.75 Å². The highest BCUT2D eigenvalue weighted by Crippen LogP contribution is 2.39. The van der Waals surface area contributed by atoms with E-state index in [1.807, 2.05) is 30.3 Å². The smallest absolute Gasteiger partial charge is 0.267 e. The van der Waals surface area contributed by atoms with Gasteiger partial charge in [-0.3, -0.25) is 9.69 Å². The highest BCUT2D eigenvalue weighted by atomic mass is 32.2. The molecule has 9 heteroatoms. The number of benzene rings is 2. The molecule has 168 valence electrons. The Labute approximate surface area is 192 Å². The predicted molar refractivity (Wildman–Crippen MR) is 127 cm³/mol. The summed E-state index contributed by atoms with van der Waals surface area (Å²) < 4.78 is 28.5. The second-order valence-corrected chi connectivity index (χ2v) is 10.3. The van der Waals surface area contributed by atoms with Gasteiger partial charge in [-0.05, 0) is 61.0 Å². The van der Waals surface area contributed by atoms with Crippen LogP contribution in [-0.4, -0.2) is 37.5 Å². The van der Waals surface area contributed by atoms with E-state index in [0.717, 1.165) is 31.2 Å². The van der Waals surface area contributed by atoms with Gasteiger partial charge < -0.3 is 4.74 Å². The lowest BCUT2D eigenvalue weighted by atomic mass is 9.94. The van der Waals surface area contributed by atoms with Crippen molar-refractivity contribution in [1.82, 2.24) is 4.90 Å². The van der Waals surface area contributed by atoms with Crippen molar-refractivity contribution in [2.45, 2.75) is 43.0 Å². The maximum absolute atomic E-state index is 13.4. The van der Waals surface area contributed by atoms with Gasteiger partial charge in [-0.2, -0.15) is 0 Å². The van der Waals surface area contributed by atoms with E-state index in [-0.39, 0.29) is 16.8 Å². The van der Waals surface area contributed by atoms with Gasteiger partial charge in [0.15, 0.2) is 5.17 Å². The topological polar surface area (TPSA) is 102 Å². The second-order valence-electron chi connectivity index (χ2n) is 7.75. The number of para-hydroxylation sites is 1. The number of thioether (sulfide) groups is 1. The number of sulfonamides is 1. The van der Waals surface area contributed by atoms with Gasteiger partial charge in [0.05, 0.1) is 22.6 Å². The minimum absolute atomic E-state index is 0.0255. The van der Waals surface area contributed by atoms with E-state index in [4.69, 9.17) is 14.9 Å². The molecular formula is C23H25N3O4S2. The van der Waals surface area contributed by atoms with Gasteiger partial charge >= 0.3 is 0 Å². The molecule has 2 fully saturated rings. The first kappa shape index (κ1) is 22.6. The predicted octanol–water partition coefficient (Wildman–Crippen LogP) is 4.28. The molecular weight excluding hydrogens is 446 g/mol. The Morgan fingerprint density at radius 2 is 1.78 bits per heavy atom. The van der Waals surface area contributed by atoms with Crippen molar-refractivity contribution in [2.75, 3.05) is 7.11 Å². The van der Waals surface area contributed by atoms with Crippen LogP contribution < -0.4 is 9.88 Å². The minimum atomic E-state index is -3.77. The van der Waals surface area contributed by atoms with E-state index < -0.39 is 10.0 Å². The number of amidine groups is 1. The van der Waals surface area contributed by atoms with Crippen molar-refractivity contribution in [1.29, 1.82) is 0 Å². The summed E-state index contributed by atoms with van der Waals surface area (Å²) in [5, 5.41) is 5.79. The molecule has 2 aromatic carbocycles. The van der Waals surface area contributed by atoms with Crippen molar-refractivity contribution >= 4 is 44.6 Å². The lowest BCUT2D eigenvalue weighted by Gasteiger charge is -2.30. The Balaban J connectivity index is 1.71. The zero-order chi connectivity index (χ0) is 22.7. The number of carbonyl (C=O) groups excluding carboxylic acids is 1. The SMILES string of the molecule is COc1ccccc1C=C1S/C(=N\c2ccc(S(N)(=O)=O)cc2)N(C2CCCCC2)C1=O. The van der Waals surface area contributed by atoms with E-state index in [0.29, 0.717) is 21.5 Å². The Hall–Kier alpha value is -2.62. The number of rotatable bonds is 5.